The third-order valence-corrected chi connectivity index (χ3v) is 6.27. The molecular weight excluding hydrogens is 416 g/mol. The lowest BCUT2D eigenvalue weighted by Crippen LogP contribution is -2.41. The molecule has 3 aromatic carbocycles. The lowest BCUT2D eigenvalue weighted by atomic mass is 9.86. The van der Waals surface area contributed by atoms with Crippen molar-refractivity contribution in [3.63, 3.8) is 0 Å². The van der Waals surface area contributed by atoms with Crippen LogP contribution in [0.2, 0.25) is 0 Å². The molecule has 1 N–H and O–H groups in total. The molecular formula is C24H24O6S. The predicted molar refractivity (Wildman–Crippen MR) is 117 cm³/mol. The van der Waals surface area contributed by atoms with Crippen molar-refractivity contribution in [1.29, 1.82) is 0 Å². The minimum Gasteiger partial charge on any atom is -0.497 e. The smallest absolute Gasteiger partial charge is 0.297 e. The van der Waals surface area contributed by atoms with E-state index in [-0.39, 0.29) is 16.0 Å². The average molecular weight is 441 g/mol. The molecule has 0 spiro atoms. The Labute approximate surface area is 182 Å². The minimum absolute atomic E-state index is 0.0544. The van der Waals surface area contributed by atoms with Gasteiger partial charge >= 0.3 is 0 Å². The molecule has 7 heteroatoms. The Morgan fingerprint density at radius 1 is 0.871 bits per heavy atom. The first-order valence-corrected chi connectivity index (χ1v) is 11.0. The van der Waals surface area contributed by atoms with Gasteiger partial charge in [0.2, 0.25) is 5.78 Å². The molecule has 0 radical (unpaired) electrons. The van der Waals surface area contributed by atoms with E-state index in [0.29, 0.717) is 5.75 Å². The van der Waals surface area contributed by atoms with Gasteiger partial charge in [-0.3, -0.25) is 8.98 Å². The van der Waals surface area contributed by atoms with Crippen LogP contribution >= 0.6 is 0 Å². The number of ketones is 1. The maximum Gasteiger partial charge on any atom is 0.297 e. The van der Waals surface area contributed by atoms with E-state index in [1.54, 1.807) is 48.5 Å². The second-order valence-corrected chi connectivity index (χ2v) is 8.93. The van der Waals surface area contributed by atoms with E-state index in [2.05, 4.69) is 0 Å². The van der Waals surface area contributed by atoms with Crippen molar-refractivity contribution in [2.45, 2.75) is 24.3 Å². The topological polar surface area (TPSA) is 89.9 Å². The van der Waals surface area contributed by atoms with Crippen LogP contribution in [-0.2, 0) is 19.9 Å². The number of ether oxygens (including phenoxy) is 1. The van der Waals surface area contributed by atoms with E-state index >= 15 is 0 Å². The van der Waals surface area contributed by atoms with Gasteiger partial charge in [0.05, 0.1) is 12.0 Å². The Morgan fingerprint density at radius 3 is 1.90 bits per heavy atom. The fraction of sp³-hybridized carbons (Fsp3) is 0.208. The number of rotatable bonds is 8. The van der Waals surface area contributed by atoms with E-state index in [1.165, 1.54) is 31.4 Å². The molecule has 0 heterocycles. The van der Waals surface area contributed by atoms with E-state index in [9.17, 15) is 18.3 Å². The monoisotopic (exact) mass is 440 g/mol. The van der Waals surface area contributed by atoms with Crippen LogP contribution in [-0.4, -0.2) is 33.0 Å². The molecule has 0 aliphatic carbocycles. The van der Waals surface area contributed by atoms with Gasteiger partial charge in [0.25, 0.3) is 10.1 Å². The summed E-state index contributed by atoms with van der Waals surface area (Å²) < 4.78 is 35.6. The Balaban J connectivity index is 1.96. The normalized spacial score (nSPS) is 13.4. The average Bonchev–Trinajstić information content (AvgIpc) is 2.78. The Morgan fingerprint density at radius 2 is 1.39 bits per heavy atom. The van der Waals surface area contributed by atoms with Gasteiger partial charge in [-0.15, -0.1) is 0 Å². The summed E-state index contributed by atoms with van der Waals surface area (Å²) >= 11 is 0. The summed E-state index contributed by atoms with van der Waals surface area (Å²) in [6, 6.07) is 18.9. The Bertz CT molecular complexity index is 1150. The van der Waals surface area contributed by atoms with E-state index in [0.717, 1.165) is 11.1 Å². The molecule has 0 aliphatic heterocycles. The van der Waals surface area contributed by atoms with Crippen LogP contribution in [0.15, 0.2) is 77.7 Å². The highest BCUT2D eigenvalue weighted by molar-refractivity contribution is 7.86. The summed E-state index contributed by atoms with van der Waals surface area (Å²) in [5.41, 5.74) is 0.0410. The van der Waals surface area contributed by atoms with Crippen LogP contribution in [0.4, 0.5) is 0 Å². The maximum atomic E-state index is 13.3. The molecule has 3 rings (SSSR count). The predicted octanol–water partition coefficient (Wildman–Crippen LogP) is 3.79. The molecule has 31 heavy (non-hydrogen) atoms. The first-order chi connectivity index (χ1) is 14.7. The second-order valence-electron chi connectivity index (χ2n) is 7.31. The lowest BCUT2D eigenvalue weighted by Gasteiger charge is -2.27. The van der Waals surface area contributed by atoms with Gasteiger partial charge in [-0.25, -0.2) is 0 Å². The minimum atomic E-state index is -4.18. The fourth-order valence-electron chi connectivity index (χ4n) is 3.03. The largest absolute Gasteiger partial charge is 0.497 e. The highest BCUT2D eigenvalue weighted by Gasteiger charge is 2.40. The van der Waals surface area contributed by atoms with Gasteiger partial charge in [0, 0.05) is 5.56 Å². The number of hydrogen-bond donors (Lipinski definition) is 1. The molecule has 162 valence electrons. The Kier molecular flexibility index (Phi) is 6.59. The van der Waals surface area contributed by atoms with Crippen LogP contribution in [0.5, 0.6) is 5.75 Å². The summed E-state index contributed by atoms with van der Waals surface area (Å²) in [5.74, 6) is -0.133. The number of aliphatic hydroxyl groups is 1. The van der Waals surface area contributed by atoms with Gasteiger partial charge in [-0.1, -0.05) is 47.5 Å². The van der Waals surface area contributed by atoms with Gasteiger partial charge < -0.3 is 9.84 Å². The van der Waals surface area contributed by atoms with Crippen molar-refractivity contribution in [2.24, 2.45) is 0 Å². The maximum absolute atomic E-state index is 13.3. The number of Topliss-reactive ketones (excluding diaryl/α,β-unsaturated/α-hetero) is 1. The van der Waals surface area contributed by atoms with Crippen molar-refractivity contribution in [3.05, 3.63) is 95.1 Å². The third kappa shape index (κ3) is 5.02. The molecule has 0 saturated carbocycles. The van der Waals surface area contributed by atoms with Gasteiger partial charge in [-0.2, -0.15) is 8.42 Å². The molecule has 0 fully saturated rings. The van der Waals surface area contributed by atoms with Gasteiger partial charge in [-0.05, 0) is 55.8 Å². The molecule has 0 bridgehead atoms. The number of aryl methyl sites for hydroxylation is 2. The SMILES string of the molecule is COc1ccc(C(=O)C(O)(COS(=O)(=O)c2ccc(C)cc2)c2ccc(C)cc2)cc1. The summed E-state index contributed by atoms with van der Waals surface area (Å²) in [6.07, 6.45) is 0. The zero-order valence-corrected chi connectivity index (χ0v) is 18.3. The summed E-state index contributed by atoms with van der Waals surface area (Å²) in [7, 11) is -2.68. The standard InChI is InChI=1S/C24H24O6S/c1-17-4-10-20(11-5-17)24(26,23(25)19-8-12-21(29-3)13-9-19)16-30-31(27,28)22-14-6-18(2)7-15-22/h4-15,26H,16H2,1-3H3. The number of methoxy groups -OCH3 is 1. The number of hydrogen-bond acceptors (Lipinski definition) is 6. The van der Waals surface area contributed by atoms with Crippen LogP contribution in [0, 0.1) is 13.8 Å². The summed E-state index contributed by atoms with van der Waals surface area (Å²) in [6.45, 7) is 2.94. The molecule has 1 unspecified atom stereocenters. The highest BCUT2D eigenvalue weighted by atomic mass is 32.2. The first kappa shape index (κ1) is 22.7. The van der Waals surface area contributed by atoms with Crippen molar-refractivity contribution in [1.82, 2.24) is 0 Å². The van der Waals surface area contributed by atoms with Crippen molar-refractivity contribution < 1.29 is 27.2 Å². The number of carbonyl (C=O) groups excluding carboxylic acids is 1. The van der Waals surface area contributed by atoms with Gasteiger partial charge in [0.15, 0.2) is 5.60 Å². The van der Waals surface area contributed by atoms with Crippen LogP contribution in [0.25, 0.3) is 0 Å². The second kappa shape index (κ2) is 9.01. The van der Waals surface area contributed by atoms with E-state index in [4.69, 9.17) is 8.92 Å². The Hall–Kier alpha value is -3.00. The lowest BCUT2D eigenvalue weighted by molar-refractivity contribution is 0.00409. The summed E-state index contributed by atoms with van der Waals surface area (Å²) in [4.78, 5) is 13.2. The van der Waals surface area contributed by atoms with E-state index in [1.807, 2.05) is 13.8 Å². The van der Waals surface area contributed by atoms with Crippen molar-refractivity contribution in [3.8, 4) is 5.75 Å². The van der Waals surface area contributed by atoms with Crippen LogP contribution in [0.1, 0.15) is 27.0 Å². The molecule has 1 atom stereocenters. The summed E-state index contributed by atoms with van der Waals surface area (Å²) in [5, 5.41) is 11.4. The highest BCUT2D eigenvalue weighted by Crippen LogP contribution is 2.29. The molecule has 0 aromatic heterocycles. The zero-order chi connectivity index (χ0) is 22.6. The number of carbonyl (C=O) groups is 1. The molecule has 0 aliphatic rings. The molecule has 0 amide bonds. The third-order valence-electron chi connectivity index (χ3n) is 4.99. The van der Waals surface area contributed by atoms with Crippen molar-refractivity contribution >= 4 is 15.9 Å². The van der Waals surface area contributed by atoms with Crippen LogP contribution < -0.4 is 4.74 Å². The quantitative estimate of drug-likeness (QED) is 0.423. The van der Waals surface area contributed by atoms with Gasteiger partial charge in [0.1, 0.15) is 12.4 Å². The first-order valence-electron chi connectivity index (χ1n) is 9.60. The number of benzene rings is 3. The van der Waals surface area contributed by atoms with Crippen molar-refractivity contribution in [2.75, 3.05) is 13.7 Å². The van der Waals surface area contributed by atoms with E-state index < -0.39 is 28.1 Å². The molecule has 6 nitrogen and oxygen atoms in total. The molecule has 0 saturated heterocycles. The van der Waals surface area contributed by atoms with Crippen LogP contribution in [0.3, 0.4) is 0 Å². The zero-order valence-electron chi connectivity index (χ0n) is 17.5. The molecule has 3 aromatic rings. The fourth-order valence-corrected chi connectivity index (χ4v) is 3.96.